The highest BCUT2D eigenvalue weighted by molar-refractivity contribution is 14.1. The molecule has 0 unspecified atom stereocenters. The zero-order chi connectivity index (χ0) is 10.8. The highest BCUT2D eigenvalue weighted by atomic mass is 127. The molecule has 5 heteroatoms. The molecule has 0 saturated heterocycles. The van der Waals surface area contributed by atoms with Gasteiger partial charge in [-0.3, -0.25) is 0 Å². The molecule has 0 amide bonds. The minimum Gasteiger partial charge on any atom is -0.234 e. The third-order valence-electron chi connectivity index (χ3n) is 1.91. The maximum atomic E-state index is 5.98. The Morgan fingerprint density at radius 1 is 1.53 bits per heavy atom. The zero-order valence-electron chi connectivity index (χ0n) is 7.83. The summed E-state index contributed by atoms with van der Waals surface area (Å²) in [5.41, 5.74) is 2.13. The molecule has 1 nitrogen and oxygen atoms in total. The van der Waals surface area contributed by atoms with Crippen LogP contribution in [0, 0.1) is 0 Å². The van der Waals surface area contributed by atoms with Crippen molar-refractivity contribution in [2.24, 2.45) is 4.99 Å². The van der Waals surface area contributed by atoms with Crippen LogP contribution in [0.15, 0.2) is 27.3 Å². The van der Waals surface area contributed by atoms with Gasteiger partial charge in [0, 0.05) is 15.5 Å². The number of fused-ring (bicyclic) bond motifs is 1. The maximum Gasteiger partial charge on any atom is 0.135 e. The molecule has 0 spiro atoms. The quantitative estimate of drug-likeness (QED) is 0.586. The van der Waals surface area contributed by atoms with E-state index in [0.717, 1.165) is 20.6 Å². The fourth-order valence-electron chi connectivity index (χ4n) is 1.24. The first kappa shape index (κ1) is 11.8. The summed E-state index contributed by atoms with van der Waals surface area (Å²) in [6, 6.07) is 5.81. The van der Waals surface area contributed by atoms with Crippen molar-refractivity contribution >= 4 is 72.7 Å². The number of rotatable bonds is 0. The highest BCUT2D eigenvalue weighted by Gasteiger charge is 2.17. The van der Waals surface area contributed by atoms with Gasteiger partial charge in [0.25, 0.3) is 0 Å². The second-order valence-corrected chi connectivity index (χ2v) is 5.96. The second kappa shape index (κ2) is 5.12. The van der Waals surface area contributed by atoms with Crippen molar-refractivity contribution < 1.29 is 0 Å². The van der Waals surface area contributed by atoms with E-state index in [9.17, 15) is 0 Å². The van der Waals surface area contributed by atoms with Crippen molar-refractivity contribution in [2.45, 2.75) is 0 Å². The number of benzene rings is 1. The molecule has 0 aromatic heterocycles. The molecule has 2 rings (SSSR count). The van der Waals surface area contributed by atoms with Crippen LogP contribution in [0.3, 0.4) is 0 Å². The summed E-state index contributed by atoms with van der Waals surface area (Å²) in [7, 11) is 0. The van der Waals surface area contributed by atoms with Crippen molar-refractivity contribution in [2.75, 3.05) is 6.26 Å². The van der Waals surface area contributed by atoms with Gasteiger partial charge in [-0.05, 0) is 28.5 Å². The molecule has 0 aliphatic carbocycles. The molecule has 0 bridgehead atoms. The predicted octanol–water partition coefficient (Wildman–Crippen LogP) is 5.17. The Kier molecular flexibility index (Phi) is 4.04. The molecule has 0 atom stereocenters. The summed E-state index contributed by atoms with van der Waals surface area (Å²) in [6.07, 6.45) is 2.04. The summed E-state index contributed by atoms with van der Waals surface area (Å²) in [6.45, 7) is 0. The van der Waals surface area contributed by atoms with Gasteiger partial charge in [0.1, 0.15) is 4.38 Å². The van der Waals surface area contributed by atoms with Crippen molar-refractivity contribution in [3.63, 3.8) is 0 Å². The Balaban J connectivity index is 2.57. The van der Waals surface area contributed by atoms with Crippen LogP contribution >= 0.6 is 57.7 Å². The molecule has 1 aliphatic heterocycles. The highest BCUT2D eigenvalue weighted by Crippen LogP contribution is 2.43. The Labute approximate surface area is 116 Å². The van der Waals surface area contributed by atoms with Crippen LogP contribution in [-0.4, -0.2) is 10.6 Å². The maximum absolute atomic E-state index is 5.98. The van der Waals surface area contributed by atoms with Gasteiger partial charge >= 0.3 is 0 Å². The third-order valence-corrected chi connectivity index (χ3v) is 5.20. The smallest absolute Gasteiger partial charge is 0.135 e. The molecular formula is C10H7ClINS2. The first-order valence-electron chi connectivity index (χ1n) is 4.15. The summed E-state index contributed by atoms with van der Waals surface area (Å²) in [5, 5.41) is 0.757. The van der Waals surface area contributed by atoms with Crippen LogP contribution in [-0.2, 0) is 0 Å². The van der Waals surface area contributed by atoms with Crippen LogP contribution in [0.2, 0.25) is 5.02 Å². The molecule has 0 radical (unpaired) electrons. The molecule has 1 heterocycles. The molecule has 0 saturated carbocycles. The summed E-state index contributed by atoms with van der Waals surface area (Å²) in [5.74, 6) is 0. The standard InChI is InChI=1S/C10H7ClINS2/c1-14-10-13-8-3-2-6(11)4-7(8)9(5-12)15-10/h2-5H,1H3/b9-5-. The van der Waals surface area contributed by atoms with E-state index >= 15 is 0 Å². The number of hydrogen-bond donors (Lipinski definition) is 0. The average Bonchev–Trinajstić information content (AvgIpc) is 2.27. The van der Waals surface area contributed by atoms with Gasteiger partial charge in [-0.25, -0.2) is 4.99 Å². The molecule has 0 fully saturated rings. The van der Waals surface area contributed by atoms with Gasteiger partial charge in [0.05, 0.1) is 5.69 Å². The van der Waals surface area contributed by atoms with Crippen LogP contribution in [0.5, 0.6) is 0 Å². The zero-order valence-corrected chi connectivity index (χ0v) is 12.4. The van der Waals surface area contributed by atoms with E-state index in [0.29, 0.717) is 0 Å². The molecule has 1 aromatic carbocycles. The molecular weight excluding hydrogens is 361 g/mol. The SMILES string of the molecule is CSC1=Nc2ccc(Cl)cc2/C(=C/I)S1. The van der Waals surface area contributed by atoms with Crippen LogP contribution in [0.1, 0.15) is 5.56 Å². The third kappa shape index (κ3) is 2.54. The van der Waals surface area contributed by atoms with Crippen LogP contribution in [0.4, 0.5) is 5.69 Å². The first-order valence-corrected chi connectivity index (χ1v) is 7.82. The minimum atomic E-state index is 0.757. The summed E-state index contributed by atoms with van der Waals surface area (Å²) >= 11 is 11.6. The topological polar surface area (TPSA) is 12.4 Å². The van der Waals surface area contributed by atoms with Gasteiger partial charge in [0.15, 0.2) is 0 Å². The number of nitrogens with zero attached hydrogens (tertiary/aromatic N) is 1. The lowest BCUT2D eigenvalue weighted by Crippen LogP contribution is -1.94. The summed E-state index contributed by atoms with van der Waals surface area (Å²) in [4.78, 5) is 5.76. The van der Waals surface area contributed by atoms with E-state index in [1.807, 2.05) is 24.5 Å². The van der Waals surface area contributed by atoms with Gasteiger partial charge in [-0.15, -0.1) is 11.8 Å². The fraction of sp³-hybridized carbons (Fsp3) is 0.100. The van der Waals surface area contributed by atoms with Crippen molar-refractivity contribution in [1.82, 2.24) is 0 Å². The largest absolute Gasteiger partial charge is 0.234 e. The number of aliphatic imine (C=N–C) groups is 1. The van der Waals surface area contributed by atoms with Crippen LogP contribution < -0.4 is 0 Å². The Morgan fingerprint density at radius 2 is 2.33 bits per heavy atom. The average molecular weight is 368 g/mol. The van der Waals surface area contributed by atoms with E-state index in [1.54, 1.807) is 23.5 Å². The number of hydrogen-bond acceptors (Lipinski definition) is 3. The normalized spacial score (nSPS) is 17.5. The van der Waals surface area contributed by atoms with E-state index in [4.69, 9.17) is 11.6 Å². The molecule has 1 aliphatic rings. The molecule has 1 aromatic rings. The minimum absolute atomic E-state index is 0.757. The molecule has 15 heavy (non-hydrogen) atoms. The van der Waals surface area contributed by atoms with Gasteiger partial charge < -0.3 is 0 Å². The Hall–Kier alpha value is 0.350. The van der Waals surface area contributed by atoms with E-state index in [2.05, 4.69) is 31.7 Å². The lowest BCUT2D eigenvalue weighted by atomic mass is 10.2. The predicted molar refractivity (Wildman–Crippen MR) is 81.7 cm³/mol. The second-order valence-electron chi connectivity index (χ2n) is 2.82. The molecule has 78 valence electrons. The van der Waals surface area contributed by atoms with E-state index in [1.165, 1.54) is 4.91 Å². The number of halogens is 2. The number of thioether (sulfide) groups is 2. The fourth-order valence-corrected chi connectivity index (χ4v) is 3.57. The Morgan fingerprint density at radius 3 is 3.00 bits per heavy atom. The monoisotopic (exact) mass is 367 g/mol. The van der Waals surface area contributed by atoms with Gasteiger partial charge in [0.2, 0.25) is 0 Å². The Bertz CT molecular complexity index is 457. The molecule has 0 N–H and O–H groups in total. The van der Waals surface area contributed by atoms with Crippen molar-refractivity contribution in [1.29, 1.82) is 0 Å². The van der Waals surface area contributed by atoms with Crippen molar-refractivity contribution in [3.8, 4) is 0 Å². The first-order chi connectivity index (χ1) is 7.24. The van der Waals surface area contributed by atoms with Gasteiger partial charge in [-0.1, -0.05) is 46.0 Å². The van der Waals surface area contributed by atoms with Crippen molar-refractivity contribution in [3.05, 3.63) is 32.9 Å². The van der Waals surface area contributed by atoms with E-state index < -0.39 is 0 Å². The van der Waals surface area contributed by atoms with E-state index in [-0.39, 0.29) is 0 Å². The van der Waals surface area contributed by atoms with Crippen LogP contribution in [0.25, 0.3) is 4.91 Å². The summed E-state index contributed by atoms with van der Waals surface area (Å²) < 4.78 is 3.15. The lowest BCUT2D eigenvalue weighted by Gasteiger charge is -2.16. The lowest BCUT2D eigenvalue weighted by molar-refractivity contribution is 1.51. The van der Waals surface area contributed by atoms with Gasteiger partial charge in [-0.2, -0.15) is 0 Å².